The van der Waals surface area contributed by atoms with E-state index in [9.17, 15) is 14.0 Å². The summed E-state index contributed by atoms with van der Waals surface area (Å²) in [6.45, 7) is 3.19. The first-order valence-electron chi connectivity index (χ1n) is 10.2. The monoisotopic (exact) mass is 449 g/mol. The first-order chi connectivity index (χ1) is 15.8. The number of hydrogen-bond donors (Lipinski definition) is 1. The minimum atomic E-state index is -0.661. The Hall–Kier alpha value is -4.00. The SMILES string of the molecule is CNC(=O)c1c(-c2ccc(F)cc2)oc2ccc(-c3cc(C(C)=O)c(OC)cc3C)c(F)c12. The second-order valence-electron chi connectivity index (χ2n) is 7.62. The van der Waals surface area contributed by atoms with Gasteiger partial charge in [-0.05, 0) is 73.5 Å². The van der Waals surface area contributed by atoms with Gasteiger partial charge in [0.05, 0.1) is 23.6 Å². The largest absolute Gasteiger partial charge is 0.496 e. The van der Waals surface area contributed by atoms with Gasteiger partial charge in [-0.25, -0.2) is 8.78 Å². The molecule has 0 aliphatic carbocycles. The van der Waals surface area contributed by atoms with Crippen LogP contribution in [-0.2, 0) is 0 Å². The number of carbonyl (C=O) groups excluding carboxylic acids is 2. The molecule has 1 N–H and O–H groups in total. The van der Waals surface area contributed by atoms with Gasteiger partial charge in [-0.2, -0.15) is 0 Å². The number of fused-ring (bicyclic) bond motifs is 1. The zero-order valence-corrected chi connectivity index (χ0v) is 18.5. The quantitative estimate of drug-likeness (QED) is 0.384. The van der Waals surface area contributed by atoms with Crippen molar-refractivity contribution in [1.29, 1.82) is 0 Å². The van der Waals surface area contributed by atoms with Crippen LogP contribution in [0.25, 0.3) is 33.4 Å². The van der Waals surface area contributed by atoms with Gasteiger partial charge in [0.2, 0.25) is 0 Å². The number of furan rings is 1. The fourth-order valence-electron chi connectivity index (χ4n) is 3.92. The number of rotatable bonds is 5. The number of nitrogens with one attached hydrogen (secondary N) is 1. The standard InChI is InChI=1S/C26H21F2NO4/c1-13-11-21(32-4)19(14(2)30)12-18(13)17-9-10-20-22(24(17)28)23(26(31)29-3)25(33-20)15-5-7-16(27)8-6-15/h5-12H,1-4H3,(H,29,31). The molecule has 1 amide bonds. The third-order valence-electron chi connectivity index (χ3n) is 5.57. The van der Waals surface area contributed by atoms with E-state index in [0.717, 1.165) is 0 Å². The summed E-state index contributed by atoms with van der Waals surface area (Å²) in [5.74, 6) is -1.33. The zero-order chi connectivity index (χ0) is 23.9. The van der Waals surface area contributed by atoms with Gasteiger partial charge < -0.3 is 14.5 Å². The smallest absolute Gasteiger partial charge is 0.255 e. The Balaban J connectivity index is 2.02. The van der Waals surface area contributed by atoms with E-state index in [-0.39, 0.29) is 33.6 Å². The first kappa shape index (κ1) is 22.2. The number of carbonyl (C=O) groups is 2. The number of aryl methyl sites for hydroxylation is 1. The number of hydrogen-bond acceptors (Lipinski definition) is 4. The normalized spacial score (nSPS) is 11.0. The molecule has 0 aliphatic rings. The van der Waals surface area contributed by atoms with Gasteiger partial charge in [-0.15, -0.1) is 0 Å². The molecule has 0 radical (unpaired) electrons. The molecule has 0 spiro atoms. The molecule has 0 saturated carbocycles. The van der Waals surface area contributed by atoms with Gasteiger partial charge in [0.15, 0.2) is 5.78 Å². The molecular weight excluding hydrogens is 428 g/mol. The summed E-state index contributed by atoms with van der Waals surface area (Å²) < 4.78 is 40.5. The lowest BCUT2D eigenvalue weighted by molar-refractivity contribution is 0.0963. The minimum absolute atomic E-state index is 0.00534. The Kier molecular flexibility index (Phi) is 5.72. The number of ketones is 1. The molecule has 1 aromatic heterocycles. The molecular formula is C26H21F2NO4. The van der Waals surface area contributed by atoms with E-state index < -0.39 is 17.5 Å². The fourth-order valence-corrected chi connectivity index (χ4v) is 3.92. The van der Waals surface area contributed by atoms with Crippen molar-refractivity contribution in [2.24, 2.45) is 0 Å². The van der Waals surface area contributed by atoms with Crippen molar-refractivity contribution >= 4 is 22.7 Å². The third-order valence-corrected chi connectivity index (χ3v) is 5.57. The van der Waals surface area contributed by atoms with Crippen LogP contribution in [-0.4, -0.2) is 25.8 Å². The van der Waals surface area contributed by atoms with Crippen LogP contribution >= 0.6 is 0 Å². The predicted octanol–water partition coefficient (Wildman–Crippen LogP) is 5.92. The van der Waals surface area contributed by atoms with Crippen molar-refractivity contribution < 1.29 is 27.5 Å². The van der Waals surface area contributed by atoms with E-state index in [1.165, 1.54) is 45.3 Å². The molecule has 0 atom stereocenters. The van der Waals surface area contributed by atoms with Crippen molar-refractivity contribution in [3.8, 4) is 28.2 Å². The molecule has 4 rings (SSSR count). The highest BCUT2D eigenvalue weighted by atomic mass is 19.1. The van der Waals surface area contributed by atoms with Crippen LogP contribution in [0.15, 0.2) is 52.9 Å². The maximum Gasteiger partial charge on any atom is 0.255 e. The predicted molar refractivity (Wildman–Crippen MR) is 122 cm³/mol. The van der Waals surface area contributed by atoms with Gasteiger partial charge in [0, 0.05) is 18.2 Å². The van der Waals surface area contributed by atoms with E-state index in [2.05, 4.69) is 5.32 Å². The second-order valence-corrected chi connectivity index (χ2v) is 7.62. The first-order valence-corrected chi connectivity index (χ1v) is 10.2. The van der Waals surface area contributed by atoms with Crippen molar-refractivity contribution in [2.75, 3.05) is 14.2 Å². The second kappa shape index (κ2) is 8.50. The van der Waals surface area contributed by atoms with E-state index in [4.69, 9.17) is 9.15 Å². The highest BCUT2D eigenvalue weighted by molar-refractivity contribution is 6.12. The Morgan fingerprint density at radius 3 is 2.30 bits per heavy atom. The summed E-state index contributed by atoms with van der Waals surface area (Å²) in [7, 11) is 2.90. The van der Waals surface area contributed by atoms with Crippen molar-refractivity contribution in [3.05, 3.63) is 76.9 Å². The molecule has 5 nitrogen and oxygen atoms in total. The molecule has 3 aromatic carbocycles. The molecule has 0 unspecified atom stereocenters. The van der Waals surface area contributed by atoms with Crippen LogP contribution < -0.4 is 10.1 Å². The summed E-state index contributed by atoms with van der Waals surface area (Å²) in [4.78, 5) is 24.9. The number of halogens is 2. The van der Waals surface area contributed by atoms with Crippen LogP contribution in [0.5, 0.6) is 5.75 Å². The van der Waals surface area contributed by atoms with Gasteiger partial charge in [-0.3, -0.25) is 9.59 Å². The Morgan fingerprint density at radius 2 is 1.70 bits per heavy atom. The molecule has 168 valence electrons. The Labute approximate surface area is 189 Å². The fraction of sp³-hybridized carbons (Fsp3) is 0.154. The summed E-state index contributed by atoms with van der Waals surface area (Å²) in [5, 5.41) is 2.52. The van der Waals surface area contributed by atoms with Gasteiger partial charge in [-0.1, -0.05) is 0 Å². The molecule has 33 heavy (non-hydrogen) atoms. The molecule has 0 saturated heterocycles. The highest BCUT2D eigenvalue weighted by Crippen LogP contribution is 2.40. The zero-order valence-electron chi connectivity index (χ0n) is 18.5. The van der Waals surface area contributed by atoms with E-state index in [0.29, 0.717) is 28.0 Å². The van der Waals surface area contributed by atoms with Gasteiger partial charge >= 0.3 is 0 Å². The summed E-state index contributed by atoms with van der Waals surface area (Å²) in [6, 6.07) is 11.8. The highest BCUT2D eigenvalue weighted by Gasteiger charge is 2.26. The van der Waals surface area contributed by atoms with Crippen LogP contribution in [0.1, 0.15) is 33.2 Å². The maximum absolute atomic E-state index is 16.0. The van der Waals surface area contributed by atoms with E-state index in [1.54, 1.807) is 31.2 Å². The Morgan fingerprint density at radius 1 is 1.00 bits per heavy atom. The molecule has 0 bridgehead atoms. The van der Waals surface area contributed by atoms with Crippen molar-refractivity contribution in [3.63, 3.8) is 0 Å². The number of Topliss-reactive ketones (excluding diaryl/α,β-unsaturated/α-hetero) is 1. The van der Waals surface area contributed by atoms with Crippen molar-refractivity contribution in [2.45, 2.75) is 13.8 Å². The average molecular weight is 449 g/mol. The number of benzene rings is 3. The molecule has 7 heteroatoms. The average Bonchev–Trinajstić information content (AvgIpc) is 3.19. The molecule has 4 aromatic rings. The maximum atomic E-state index is 16.0. The van der Waals surface area contributed by atoms with Gasteiger partial charge in [0.1, 0.15) is 28.7 Å². The lowest BCUT2D eigenvalue weighted by Gasteiger charge is -2.13. The number of ether oxygens (including phenoxy) is 1. The van der Waals surface area contributed by atoms with Crippen LogP contribution in [0.4, 0.5) is 8.78 Å². The lowest BCUT2D eigenvalue weighted by atomic mass is 9.93. The molecule has 0 aliphatic heterocycles. The lowest BCUT2D eigenvalue weighted by Crippen LogP contribution is -2.18. The van der Waals surface area contributed by atoms with Crippen LogP contribution in [0, 0.1) is 18.6 Å². The van der Waals surface area contributed by atoms with Gasteiger partial charge in [0.25, 0.3) is 5.91 Å². The summed E-state index contributed by atoms with van der Waals surface area (Å²) in [6.07, 6.45) is 0. The third kappa shape index (κ3) is 3.75. The van der Waals surface area contributed by atoms with E-state index in [1.807, 2.05) is 0 Å². The molecule has 1 heterocycles. The van der Waals surface area contributed by atoms with E-state index >= 15 is 4.39 Å². The number of amides is 1. The van der Waals surface area contributed by atoms with Crippen LogP contribution in [0.2, 0.25) is 0 Å². The Bertz CT molecular complexity index is 1400. The number of methoxy groups -OCH3 is 1. The summed E-state index contributed by atoms with van der Waals surface area (Å²) in [5.41, 5.74) is 2.34. The topological polar surface area (TPSA) is 68.5 Å². The minimum Gasteiger partial charge on any atom is -0.496 e. The van der Waals surface area contributed by atoms with Crippen LogP contribution in [0.3, 0.4) is 0 Å². The summed E-state index contributed by atoms with van der Waals surface area (Å²) >= 11 is 0. The van der Waals surface area contributed by atoms with Crippen molar-refractivity contribution in [1.82, 2.24) is 5.32 Å². The molecule has 0 fully saturated rings.